The summed E-state index contributed by atoms with van der Waals surface area (Å²) in [6.45, 7) is 3.32. The molecule has 2 aromatic rings. The second-order valence-electron chi connectivity index (χ2n) is 5.48. The van der Waals surface area contributed by atoms with Crippen LogP contribution in [0.25, 0.3) is 11.4 Å². The van der Waals surface area contributed by atoms with Gasteiger partial charge in [-0.05, 0) is 6.92 Å². The first-order valence-corrected chi connectivity index (χ1v) is 7.71. The number of hydrogen-bond acceptors (Lipinski definition) is 6. The maximum atomic E-state index is 9.43. The van der Waals surface area contributed by atoms with Gasteiger partial charge >= 0.3 is 0 Å². The highest BCUT2D eigenvalue weighted by atomic mass is 32.2. The van der Waals surface area contributed by atoms with E-state index in [1.807, 2.05) is 31.2 Å². The van der Waals surface area contributed by atoms with Crippen molar-refractivity contribution in [2.75, 3.05) is 31.4 Å². The molecule has 0 unspecified atom stereocenters. The van der Waals surface area contributed by atoms with E-state index in [0.29, 0.717) is 29.9 Å². The summed E-state index contributed by atoms with van der Waals surface area (Å²) in [5, 5.41) is 18.4. The molecule has 112 valence electrons. The predicted octanol–water partition coefficient (Wildman–Crippen LogP) is 1.07. The van der Waals surface area contributed by atoms with E-state index in [2.05, 4.69) is 10.2 Å². The van der Waals surface area contributed by atoms with Gasteiger partial charge in [0.05, 0.1) is 19.8 Å². The highest BCUT2D eigenvalue weighted by molar-refractivity contribution is 7.99. The number of ether oxygens (including phenoxy) is 1. The maximum absolute atomic E-state index is 9.43. The number of aromatic nitrogens is 3. The second kappa shape index (κ2) is 5.67. The molecule has 0 radical (unpaired) electrons. The van der Waals surface area contributed by atoms with Crippen molar-refractivity contribution in [1.82, 2.24) is 14.9 Å². The fraction of sp³-hybridized carbons (Fsp3) is 0.429. The van der Waals surface area contributed by atoms with Crippen molar-refractivity contribution in [2.45, 2.75) is 12.1 Å². The Morgan fingerprint density at radius 2 is 2.05 bits per heavy atom. The lowest BCUT2D eigenvalue weighted by Gasteiger charge is -2.39. The summed E-state index contributed by atoms with van der Waals surface area (Å²) in [6, 6.07) is 7.99. The van der Waals surface area contributed by atoms with E-state index in [0.717, 1.165) is 5.56 Å². The predicted molar refractivity (Wildman–Crippen MR) is 81.4 cm³/mol. The van der Waals surface area contributed by atoms with E-state index in [9.17, 15) is 5.11 Å². The zero-order valence-corrected chi connectivity index (χ0v) is 12.6. The molecule has 2 heterocycles. The molecule has 0 atom stereocenters. The van der Waals surface area contributed by atoms with Crippen LogP contribution in [0.4, 0.5) is 0 Å². The van der Waals surface area contributed by atoms with Crippen LogP contribution in [0.2, 0.25) is 0 Å². The Kier molecular flexibility index (Phi) is 3.88. The third-order valence-electron chi connectivity index (χ3n) is 3.63. The molecular weight excluding hydrogens is 288 g/mol. The summed E-state index contributed by atoms with van der Waals surface area (Å²) in [5.74, 6) is 7.44. The van der Waals surface area contributed by atoms with Gasteiger partial charge in [0.2, 0.25) is 5.16 Å². The lowest BCUT2D eigenvalue weighted by atomic mass is 9.90. The molecule has 1 aromatic heterocycles. The Labute approximate surface area is 127 Å². The number of aryl methyl sites for hydroxylation is 1. The third kappa shape index (κ3) is 2.76. The summed E-state index contributed by atoms with van der Waals surface area (Å²) in [5.41, 5.74) is 1.96. The molecule has 1 fully saturated rings. The molecule has 0 saturated carbocycles. The molecule has 21 heavy (non-hydrogen) atoms. The number of aliphatic hydroxyl groups is 1. The van der Waals surface area contributed by atoms with Gasteiger partial charge < -0.3 is 15.7 Å². The average Bonchev–Trinajstić information content (AvgIpc) is 2.81. The first kappa shape index (κ1) is 14.4. The maximum Gasteiger partial charge on any atom is 0.210 e. The molecule has 0 aliphatic carbocycles. The van der Waals surface area contributed by atoms with E-state index in [4.69, 9.17) is 10.6 Å². The summed E-state index contributed by atoms with van der Waals surface area (Å²) >= 11 is 1.50. The number of rotatable bonds is 5. The lowest BCUT2D eigenvalue weighted by molar-refractivity contribution is -0.121. The van der Waals surface area contributed by atoms with Crippen LogP contribution in [0, 0.1) is 12.3 Å². The zero-order valence-electron chi connectivity index (χ0n) is 11.8. The molecule has 3 N–H and O–H groups in total. The Hall–Kier alpha value is -1.57. The smallest absolute Gasteiger partial charge is 0.210 e. The average molecular weight is 306 g/mol. The van der Waals surface area contributed by atoms with Gasteiger partial charge in [-0.15, -0.1) is 10.2 Å². The third-order valence-corrected chi connectivity index (χ3v) is 4.93. The fourth-order valence-electron chi connectivity index (χ4n) is 2.10. The van der Waals surface area contributed by atoms with Crippen LogP contribution in [-0.2, 0) is 4.74 Å². The van der Waals surface area contributed by atoms with Crippen molar-refractivity contribution in [3.05, 3.63) is 29.8 Å². The minimum absolute atomic E-state index is 0.115. The van der Waals surface area contributed by atoms with E-state index < -0.39 is 0 Å². The van der Waals surface area contributed by atoms with E-state index in [1.54, 1.807) is 0 Å². The van der Waals surface area contributed by atoms with Crippen LogP contribution in [0.3, 0.4) is 0 Å². The van der Waals surface area contributed by atoms with Crippen LogP contribution >= 0.6 is 11.8 Å². The van der Waals surface area contributed by atoms with Crippen molar-refractivity contribution in [3.8, 4) is 11.4 Å². The standard InChI is InChI=1S/C14H18N4O2S/c1-10-2-4-11(5-3-10)12-16-17-13(18(12)15)21-9-14(6-19)7-20-8-14/h2-5,19H,6-9,15H2,1H3. The van der Waals surface area contributed by atoms with Crippen LogP contribution in [0.15, 0.2) is 29.4 Å². The molecule has 7 heteroatoms. The number of nitrogens with zero attached hydrogens (tertiary/aromatic N) is 3. The van der Waals surface area contributed by atoms with Gasteiger partial charge in [0.15, 0.2) is 5.82 Å². The Bertz CT molecular complexity index is 617. The Balaban J connectivity index is 1.75. The molecule has 6 nitrogen and oxygen atoms in total. The van der Waals surface area contributed by atoms with Crippen LogP contribution < -0.4 is 5.84 Å². The Morgan fingerprint density at radius 1 is 1.33 bits per heavy atom. The summed E-state index contributed by atoms with van der Waals surface area (Å²) in [7, 11) is 0. The SMILES string of the molecule is Cc1ccc(-c2nnc(SCC3(CO)COC3)n2N)cc1. The van der Waals surface area contributed by atoms with Crippen molar-refractivity contribution in [2.24, 2.45) is 5.41 Å². The number of nitrogens with two attached hydrogens (primary N) is 1. The molecule has 0 amide bonds. The van der Waals surface area contributed by atoms with Gasteiger partial charge in [-0.3, -0.25) is 0 Å². The minimum atomic E-state index is -0.166. The normalized spacial score (nSPS) is 16.7. The summed E-state index contributed by atoms with van der Waals surface area (Å²) in [6.07, 6.45) is 0. The quantitative estimate of drug-likeness (QED) is 0.635. The van der Waals surface area contributed by atoms with Gasteiger partial charge in [0.1, 0.15) is 0 Å². The van der Waals surface area contributed by atoms with E-state index >= 15 is 0 Å². The first-order valence-electron chi connectivity index (χ1n) is 6.72. The molecule has 0 bridgehead atoms. The number of thioether (sulfide) groups is 1. The van der Waals surface area contributed by atoms with Gasteiger partial charge in [-0.1, -0.05) is 41.6 Å². The van der Waals surface area contributed by atoms with Crippen LogP contribution in [0.1, 0.15) is 5.56 Å². The monoisotopic (exact) mass is 306 g/mol. The lowest BCUT2D eigenvalue weighted by Crippen LogP contribution is -2.47. The van der Waals surface area contributed by atoms with Crippen molar-refractivity contribution >= 4 is 11.8 Å². The second-order valence-corrected chi connectivity index (χ2v) is 6.42. The minimum Gasteiger partial charge on any atom is -0.396 e. The summed E-state index contributed by atoms with van der Waals surface area (Å²) < 4.78 is 6.69. The van der Waals surface area contributed by atoms with Gasteiger partial charge in [-0.2, -0.15) is 0 Å². The van der Waals surface area contributed by atoms with Crippen molar-refractivity contribution in [3.63, 3.8) is 0 Å². The Morgan fingerprint density at radius 3 is 2.62 bits per heavy atom. The topological polar surface area (TPSA) is 86.2 Å². The van der Waals surface area contributed by atoms with Crippen LogP contribution in [0.5, 0.6) is 0 Å². The van der Waals surface area contributed by atoms with E-state index in [-0.39, 0.29) is 12.0 Å². The van der Waals surface area contributed by atoms with Crippen LogP contribution in [-0.4, -0.2) is 45.6 Å². The number of aliphatic hydroxyl groups excluding tert-OH is 1. The van der Waals surface area contributed by atoms with Gasteiger partial charge in [0.25, 0.3) is 0 Å². The first-order chi connectivity index (χ1) is 10.1. The zero-order chi connectivity index (χ0) is 14.9. The molecule has 0 spiro atoms. The van der Waals surface area contributed by atoms with Crippen molar-refractivity contribution in [1.29, 1.82) is 0 Å². The molecule has 1 saturated heterocycles. The fourth-order valence-corrected chi connectivity index (χ4v) is 3.12. The number of benzene rings is 1. The molecule has 3 rings (SSSR count). The largest absolute Gasteiger partial charge is 0.396 e. The van der Waals surface area contributed by atoms with Gasteiger partial charge in [-0.25, -0.2) is 4.68 Å². The highest BCUT2D eigenvalue weighted by Crippen LogP contribution is 2.33. The molecule has 1 aliphatic heterocycles. The molecule has 1 aromatic carbocycles. The molecular formula is C14H18N4O2S. The number of nitrogen functional groups attached to an aromatic ring is 1. The highest BCUT2D eigenvalue weighted by Gasteiger charge is 2.38. The van der Waals surface area contributed by atoms with Gasteiger partial charge in [0, 0.05) is 16.7 Å². The van der Waals surface area contributed by atoms with Crippen molar-refractivity contribution < 1.29 is 9.84 Å². The number of hydrogen-bond donors (Lipinski definition) is 2. The summed E-state index contributed by atoms with van der Waals surface area (Å²) in [4.78, 5) is 0. The van der Waals surface area contributed by atoms with E-state index in [1.165, 1.54) is 22.0 Å². The molecule has 1 aliphatic rings.